The number of hydrogen-bond donors (Lipinski definition) is 5. The van der Waals surface area contributed by atoms with Gasteiger partial charge < -0.3 is 35.0 Å². The summed E-state index contributed by atoms with van der Waals surface area (Å²) < 4.78 is 10.5. The van der Waals surface area contributed by atoms with Crippen LogP contribution in [0.5, 0.6) is 34.5 Å². The van der Waals surface area contributed by atoms with Gasteiger partial charge in [0.1, 0.15) is 17.2 Å². The molecule has 7 nitrogen and oxygen atoms in total. The Hall–Kier alpha value is -2.80. The van der Waals surface area contributed by atoms with Crippen molar-refractivity contribution < 1.29 is 35.0 Å². The normalized spacial score (nSPS) is 19.7. The van der Waals surface area contributed by atoms with Gasteiger partial charge in [0, 0.05) is 29.7 Å². The van der Waals surface area contributed by atoms with E-state index in [0.717, 1.165) is 0 Å². The van der Waals surface area contributed by atoms with Crippen LogP contribution >= 0.6 is 0 Å². The Morgan fingerprint density at radius 3 is 2.26 bits per heavy atom. The highest BCUT2D eigenvalue weighted by Crippen LogP contribution is 2.44. The molecule has 0 fully saturated rings. The Morgan fingerprint density at radius 2 is 1.65 bits per heavy atom. The summed E-state index contributed by atoms with van der Waals surface area (Å²) in [6, 6.07) is 5.14. The van der Waals surface area contributed by atoms with Gasteiger partial charge in [-0.1, -0.05) is 0 Å². The second kappa shape index (κ2) is 5.44. The van der Waals surface area contributed by atoms with Gasteiger partial charge in [-0.2, -0.15) is 0 Å². The molecule has 0 aliphatic carbocycles. The molecule has 1 heterocycles. The Balaban J connectivity index is 2.01. The van der Waals surface area contributed by atoms with Crippen molar-refractivity contribution in [3.05, 3.63) is 35.4 Å². The van der Waals surface area contributed by atoms with E-state index in [1.165, 1.54) is 31.4 Å². The Bertz CT molecular complexity index is 733. The standard InChI is InChI=1S/C16H16O7/c1-22-16-11(19)2-7(3-12(16)20)15-13(21)6-9-10(18)4-8(17)5-14(9)23-15/h2-5,13,15,17-21H,6H2,1H3/t13-,15+/m1/s1. The molecule has 23 heavy (non-hydrogen) atoms. The number of aromatic hydroxyl groups is 4. The highest BCUT2D eigenvalue weighted by Gasteiger charge is 2.33. The van der Waals surface area contributed by atoms with Crippen LogP contribution in [-0.2, 0) is 6.42 Å². The molecule has 0 unspecified atom stereocenters. The van der Waals surface area contributed by atoms with Gasteiger partial charge >= 0.3 is 0 Å². The first kappa shape index (κ1) is 15.1. The molecule has 0 aromatic heterocycles. The predicted molar refractivity (Wildman–Crippen MR) is 79.2 cm³/mol. The van der Waals surface area contributed by atoms with Crippen LogP contribution in [-0.4, -0.2) is 38.7 Å². The minimum absolute atomic E-state index is 0.0743. The number of benzene rings is 2. The average molecular weight is 320 g/mol. The average Bonchev–Trinajstić information content (AvgIpc) is 2.47. The second-order valence-electron chi connectivity index (χ2n) is 5.34. The zero-order valence-corrected chi connectivity index (χ0v) is 12.2. The number of phenolic OH excluding ortho intramolecular Hbond substituents is 4. The summed E-state index contributed by atoms with van der Waals surface area (Å²) in [7, 11) is 1.31. The maximum absolute atomic E-state index is 10.3. The first-order valence-electron chi connectivity index (χ1n) is 6.90. The number of phenols is 4. The topological polar surface area (TPSA) is 120 Å². The van der Waals surface area contributed by atoms with Gasteiger partial charge in [0.2, 0.25) is 5.75 Å². The first-order chi connectivity index (χ1) is 10.9. The van der Waals surface area contributed by atoms with Crippen LogP contribution in [0.3, 0.4) is 0 Å². The molecule has 0 amide bonds. The van der Waals surface area contributed by atoms with Crippen LogP contribution < -0.4 is 9.47 Å². The third-order valence-electron chi connectivity index (χ3n) is 3.79. The summed E-state index contributed by atoms with van der Waals surface area (Å²) in [5.74, 6) is -0.761. The van der Waals surface area contributed by atoms with Crippen LogP contribution in [0.15, 0.2) is 24.3 Å². The molecule has 2 aromatic carbocycles. The monoisotopic (exact) mass is 320 g/mol. The smallest absolute Gasteiger partial charge is 0.202 e. The lowest BCUT2D eigenvalue weighted by atomic mass is 9.93. The van der Waals surface area contributed by atoms with Crippen molar-refractivity contribution >= 4 is 0 Å². The molecule has 2 atom stereocenters. The molecular formula is C16H16O7. The molecule has 0 bridgehead atoms. The molecule has 7 heteroatoms. The number of aliphatic hydroxyl groups excluding tert-OH is 1. The molecule has 0 radical (unpaired) electrons. The highest BCUT2D eigenvalue weighted by molar-refractivity contribution is 5.55. The number of fused-ring (bicyclic) bond motifs is 1. The molecule has 1 aliphatic heterocycles. The summed E-state index contributed by atoms with van der Waals surface area (Å²) in [5, 5.41) is 49.4. The minimum atomic E-state index is -1.01. The van der Waals surface area contributed by atoms with E-state index in [4.69, 9.17) is 9.47 Å². The lowest BCUT2D eigenvalue weighted by molar-refractivity contribution is 0.0196. The second-order valence-corrected chi connectivity index (χ2v) is 5.34. The number of hydrogen-bond acceptors (Lipinski definition) is 7. The molecule has 1 aliphatic rings. The SMILES string of the molecule is COc1c(O)cc([C@@H]2Oc3cc(O)cc(O)c3C[C@H]2O)cc1O. The lowest BCUT2D eigenvalue weighted by Gasteiger charge is -2.31. The maximum Gasteiger partial charge on any atom is 0.202 e. The molecule has 3 rings (SSSR count). The van der Waals surface area contributed by atoms with Crippen molar-refractivity contribution in [2.75, 3.05) is 7.11 Å². The van der Waals surface area contributed by atoms with E-state index in [2.05, 4.69) is 0 Å². The highest BCUT2D eigenvalue weighted by atomic mass is 16.5. The fraction of sp³-hybridized carbons (Fsp3) is 0.250. The van der Waals surface area contributed by atoms with E-state index in [1.807, 2.05) is 0 Å². The van der Waals surface area contributed by atoms with E-state index in [9.17, 15) is 25.5 Å². The Labute approximate surface area is 131 Å². The summed E-state index contributed by atoms with van der Waals surface area (Å²) >= 11 is 0. The minimum Gasteiger partial charge on any atom is -0.508 e. The first-order valence-corrected chi connectivity index (χ1v) is 6.90. The van der Waals surface area contributed by atoms with Crippen LogP contribution in [0.1, 0.15) is 17.2 Å². The van der Waals surface area contributed by atoms with Crippen LogP contribution in [0.4, 0.5) is 0 Å². The number of rotatable bonds is 2. The maximum atomic E-state index is 10.3. The van der Waals surface area contributed by atoms with E-state index < -0.39 is 12.2 Å². The quantitative estimate of drug-likeness (QED) is 0.569. The zero-order chi connectivity index (χ0) is 16.7. The van der Waals surface area contributed by atoms with Crippen molar-refractivity contribution in [2.45, 2.75) is 18.6 Å². The molecule has 5 N–H and O–H groups in total. The number of methoxy groups -OCH3 is 1. The summed E-state index contributed by atoms with van der Waals surface area (Å²) in [6.07, 6.45) is -1.80. The van der Waals surface area contributed by atoms with E-state index >= 15 is 0 Å². The predicted octanol–water partition coefficient (Wildman–Crippen LogP) is 1.55. The van der Waals surface area contributed by atoms with Crippen LogP contribution in [0, 0.1) is 0 Å². The van der Waals surface area contributed by atoms with E-state index in [0.29, 0.717) is 11.1 Å². The zero-order valence-electron chi connectivity index (χ0n) is 12.2. The van der Waals surface area contributed by atoms with Crippen molar-refractivity contribution in [2.24, 2.45) is 0 Å². The van der Waals surface area contributed by atoms with Crippen molar-refractivity contribution in [1.29, 1.82) is 0 Å². The molecule has 0 spiro atoms. The molecular weight excluding hydrogens is 304 g/mol. The van der Waals surface area contributed by atoms with E-state index in [-0.39, 0.29) is 40.9 Å². The van der Waals surface area contributed by atoms with Gasteiger partial charge in [-0.15, -0.1) is 0 Å². The fourth-order valence-corrected chi connectivity index (χ4v) is 2.74. The van der Waals surface area contributed by atoms with Crippen molar-refractivity contribution in [3.63, 3.8) is 0 Å². The van der Waals surface area contributed by atoms with Crippen LogP contribution in [0.2, 0.25) is 0 Å². The molecule has 2 aromatic rings. The van der Waals surface area contributed by atoms with Gasteiger partial charge in [-0.05, 0) is 12.1 Å². The summed E-state index contributed by atoms with van der Waals surface area (Å²) in [6.45, 7) is 0. The Kier molecular flexibility index (Phi) is 3.57. The molecule has 0 saturated heterocycles. The van der Waals surface area contributed by atoms with Gasteiger partial charge in [0.05, 0.1) is 13.2 Å². The fourth-order valence-electron chi connectivity index (χ4n) is 2.74. The Morgan fingerprint density at radius 1 is 1.00 bits per heavy atom. The van der Waals surface area contributed by atoms with Crippen LogP contribution in [0.25, 0.3) is 0 Å². The van der Waals surface area contributed by atoms with Gasteiger partial charge in [0.25, 0.3) is 0 Å². The van der Waals surface area contributed by atoms with Gasteiger partial charge in [-0.25, -0.2) is 0 Å². The van der Waals surface area contributed by atoms with Gasteiger partial charge in [-0.3, -0.25) is 0 Å². The van der Waals surface area contributed by atoms with Crippen molar-refractivity contribution in [1.82, 2.24) is 0 Å². The third kappa shape index (κ3) is 2.55. The third-order valence-corrected chi connectivity index (χ3v) is 3.79. The summed E-state index contributed by atoms with van der Waals surface area (Å²) in [5.41, 5.74) is 0.718. The largest absolute Gasteiger partial charge is 0.508 e. The molecule has 0 saturated carbocycles. The van der Waals surface area contributed by atoms with Crippen molar-refractivity contribution in [3.8, 4) is 34.5 Å². The number of ether oxygens (including phenoxy) is 2. The van der Waals surface area contributed by atoms with E-state index in [1.54, 1.807) is 0 Å². The van der Waals surface area contributed by atoms with Gasteiger partial charge in [0.15, 0.2) is 17.6 Å². The lowest BCUT2D eigenvalue weighted by Crippen LogP contribution is -2.30. The summed E-state index contributed by atoms with van der Waals surface area (Å²) in [4.78, 5) is 0. The molecule has 122 valence electrons. The number of aliphatic hydroxyl groups is 1.